The largest absolute Gasteiger partial charge is 0.481 e. The number of fused-ring (bicyclic) bond motifs is 1. The van der Waals surface area contributed by atoms with Gasteiger partial charge in [-0.2, -0.15) is 13.2 Å². The summed E-state index contributed by atoms with van der Waals surface area (Å²) in [6, 6.07) is 6.47. The van der Waals surface area contributed by atoms with Gasteiger partial charge < -0.3 is 9.67 Å². The van der Waals surface area contributed by atoms with Gasteiger partial charge in [0.05, 0.1) is 5.56 Å². The Morgan fingerprint density at radius 1 is 1.24 bits per heavy atom. The molecule has 25 heavy (non-hydrogen) atoms. The van der Waals surface area contributed by atoms with Gasteiger partial charge in [0.15, 0.2) is 0 Å². The number of aliphatic carboxylic acids is 1. The minimum Gasteiger partial charge on any atom is -0.481 e. The Morgan fingerprint density at radius 2 is 1.88 bits per heavy atom. The molecule has 3 aromatic rings. The minimum atomic E-state index is -4.37. The summed E-state index contributed by atoms with van der Waals surface area (Å²) in [6.07, 6.45) is 1.81. The van der Waals surface area contributed by atoms with Crippen LogP contribution in [-0.2, 0) is 17.5 Å². The molecule has 8 heteroatoms. The maximum Gasteiger partial charge on any atom is 0.417 e. The number of carbonyl (C=O) groups is 1. The van der Waals surface area contributed by atoms with Gasteiger partial charge in [-0.1, -0.05) is 6.92 Å². The van der Waals surface area contributed by atoms with E-state index in [4.69, 9.17) is 5.11 Å². The van der Waals surface area contributed by atoms with Crippen LogP contribution >= 0.6 is 0 Å². The first kappa shape index (κ1) is 18.4. The van der Waals surface area contributed by atoms with Crippen molar-refractivity contribution in [2.75, 3.05) is 0 Å². The summed E-state index contributed by atoms with van der Waals surface area (Å²) in [5.74, 6) is -0.745. The molecule has 0 amide bonds. The number of carboxylic acids is 1. The first-order chi connectivity index (χ1) is 11.8. The summed E-state index contributed by atoms with van der Waals surface area (Å²) < 4.78 is 39.7. The molecule has 0 aromatic carbocycles. The van der Waals surface area contributed by atoms with Gasteiger partial charge in [-0.25, -0.2) is 4.98 Å². The second-order valence-corrected chi connectivity index (χ2v) is 5.18. The molecule has 0 bridgehead atoms. The van der Waals surface area contributed by atoms with Crippen LogP contribution in [0.1, 0.15) is 24.5 Å². The van der Waals surface area contributed by atoms with Crippen LogP contribution in [0.15, 0.2) is 49.1 Å². The van der Waals surface area contributed by atoms with Gasteiger partial charge in [-0.15, -0.1) is 0 Å². The van der Waals surface area contributed by atoms with E-state index >= 15 is 0 Å². The molecule has 1 N–H and O–H groups in total. The molecule has 0 aliphatic heterocycles. The molecule has 3 aromatic heterocycles. The van der Waals surface area contributed by atoms with Crippen molar-refractivity contribution in [2.24, 2.45) is 0 Å². The lowest BCUT2D eigenvalue weighted by molar-refractivity contribution is -0.138. The third kappa shape index (κ3) is 5.03. The molecule has 0 fully saturated rings. The molecule has 0 unspecified atom stereocenters. The summed E-state index contributed by atoms with van der Waals surface area (Å²) in [6.45, 7) is 2.15. The Labute approximate surface area is 141 Å². The van der Waals surface area contributed by atoms with Crippen LogP contribution in [0.2, 0.25) is 0 Å². The van der Waals surface area contributed by atoms with Crippen molar-refractivity contribution in [1.29, 1.82) is 0 Å². The second kappa shape index (κ2) is 7.78. The molecule has 0 aliphatic carbocycles. The fraction of sp³-hybridized carbons (Fsp3) is 0.235. The van der Waals surface area contributed by atoms with Crippen molar-refractivity contribution >= 4 is 17.0 Å². The number of halogens is 3. The van der Waals surface area contributed by atoms with Crippen molar-refractivity contribution in [2.45, 2.75) is 26.1 Å². The Hall–Kier alpha value is -2.90. The molecule has 5 nitrogen and oxygen atoms in total. The summed E-state index contributed by atoms with van der Waals surface area (Å²) >= 11 is 0. The van der Waals surface area contributed by atoms with Crippen molar-refractivity contribution in [1.82, 2.24) is 14.5 Å². The number of aromatic nitrogens is 3. The third-order valence-corrected chi connectivity index (χ3v) is 3.33. The van der Waals surface area contributed by atoms with Crippen LogP contribution in [0, 0.1) is 0 Å². The normalized spacial score (nSPS) is 11.0. The fourth-order valence-corrected chi connectivity index (χ4v) is 2.05. The van der Waals surface area contributed by atoms with Gasteiger partial charge in [0, 0.05) is 43.1 Å². The number of hydrogen-bond acceptors (Lipinski definition) is 3. The molecule has 3 rings (SSSR count). The zero-order valence-electron chi connectivity index (χ0n) is 13.4. The van der Waals surface area contributed by atoms with Crippen molar-refractivity contribution in [3.8, 4) is 0 Å². The van der Waals surface area contributed by atoms with Gasteiger partial charge >= 0.3 is 12.1 Å². The highest BCUT2D eigenvalue weighted by atomic mass is 19.4. The summed E-state index contributed by atoms with van der Waals surface area (Å²) in [5.41, 5.74) is 0.820. The van der Waals surface area contributed by atoms with E-state index in [0.29, 0.717) is 17.6 Å². The second-order valence-electron chi connectivity index (χ2n) is 5.18. The van der Waals surface area contributed by atoms with Crippen LogP contribution in [0.5, 0.6) is 0 Å². The Bertz CT molecular complexity index is 845. The average molecular weight is 351 g/mol. The fourth-order valence-electron chi connectivity index (χ4n) is 2.05. The highest BCUT2D eigenvalue weighted by molar-refractivity contribution is 5.76. The number of alkyl halides is 3. The molecule has 0 radical (unpaired) electrons. The van der Waals surface area contributed by atoms with Crippen molar-refractivity contribution in [3.63, 3.8) is 0 Å². The highest BCUT2D eigenvalue weighted by Gasteiger charge is 2.31. The lowest BCUT2D eigenvalue weighted by Crippen LogP contribution is -2.06. The molecule has 0 saturated carbocycles. The topological polar surface area (TPSA) is 68.0 Å². The first-order valence-electron chi connectivity index (χ1n) is 7.44. The number of pyridine rings is 2. The monoisotopic (exact) mass is 351 g/mol. The number of carboxylic acid groups (broad SMARTS) is 1. The minimum absolute atomic E-state index is 0.222. The van der Waals surface area contributed by atoms with E-state index in [1.54, 1.807) is 31.6 Å². The zero-order valence-corrected chi connectivity index (χ0v) is 13.4. The average Bonchev–Trinajstić information content (AvgIpc) is 2.98. The van der Waals surface area contributed by atoms with E-state index in [1.165, 1.54) is 0 Å². The Kier molecular flexibility index (Phi) is 5.74. The van der Waals surface area contributed by atoms with Crippen molar-refractivity contribution < 1.29 is 23.1 Å². The molecule has 132 valence electrons. The molecular formula is C17H16F3N3O2. The maximum atomic E-state index is 12.6. The smallest absolute Gasteiger partial charge is 0.417 e. The molecule has 0 saturated heterocycles. The van der Waals surface area contributed by atoms with Crippen LogP contribution in [0.3, 0.4) is 0 Å². The maximum absolute atomic E-state index is 12.6. The van der Waals surface area contributed by atoms with Gasteiger partial charge in [0.1, 0.15) is 5.65 Å². The predicted molar refractivity (Wildman–Crippen MR) is 86.0 cm³/mol. The predicted octanol–water partition coefficient (Wildman–Crippen LogP) is 3.98. The van der Waals surface area contributed by atoms with E-state index in [9.17, 15) is 18.0 Å². The molecular weight excluding hydrogens is 335 g/mol. The van der Waals surface area contributed by atoms with Crippen LogP contribution in [-0.4, -0.2) is 25.6 Å². The quantitative estimate of drug-likeness (QED) is 0.775. The highest BCUT2D eigenvalue weighted by Crippen LogP contribution is 2.30. The van der Waals surface area contributed by atoms with Crippen molar-refractivity contribution in [3.05, 3.63) is 60.2 Å². The lowest BCUT2D eigenvalue weighted by atomic mass is 10.2. The van der Waals surface area contributed by atoms with E-state index < -0.39 is 17.7 Å². The van der Waals surface area contributed by atoms with Crippen LogP contribution in [0.4, 0.5) is 13.2 Å². The zero-order chi connectivity index (χ0) is 18.4. The van der Waals surface area contributed by atoms with Crippen LogP contribution in [0.25, 0.3) is 11.0 Å². The molecule has 0 atom stereocenters. The number of nitrogens with zero attached hydrogens (tertiary/aromatic N) is 3. The van der Waals surface area contributed by atoms with E-state index in [2.05, 4.69) is 9.97 Å². The van der Waals surface area contributed by atoms with Gasteiger partial charge in [0.2, 0.25) is 0 Å². The van der Waals surface area contributed by atoms with E-state index in [0.717, 1.165) is 17.8 Å². The molecule has 3 heterocycles. The van der Waals surface area contributed by atoms with Gasteiger partial charge in [0.25, 0.3) is 0 Å². The Balaban J connectivity index is 0.000000399. The Morgan fingerprint density at radius 3 is 2.44 bits per heavy atom. The van der Waals surface area contributed by atoms with E-state index in [-0.39, 0.29) is 6.42 Å². The number of hydrogen-bond donors (Lipinski definition) is 1. The number of rotatable bonds is 3. The summed E-state index contributed by atoms with van der Waals surface area (Å²) in [7, 11) is 0. The standard InChI is InChI=1S/C14H10F3N3.C3H6O2/c15-14(16,17)12-7-11-3-6-20(13(11)19-8-12)9-10-1-4-18-5-2-10;1-2-3(4)5/h1-8H,9H2;2H2,1H3,(H,4,5). The molecule has 0 aliphatic rings. The van der Waals surface area contributed by atoms with Crippen LogP contribution < -0.4 is 0 Å². The van der Waals surface area contributed by atoms with E-state index in [1.807, 2.05) is 16.7 Å². The van der Waals surface area contributed by atoms with Gasteiger partial charge in [-0.05, 0) is 29.8 Å². The SMILES string of the molecule is CCC(=O)O.FC(F)(F)c1cnc2c(ccn2Cc2ccncc2)c1. The van der Waals surface area contributed by atoms with Gasteiger partial charge in [-0.3, -0.25) is 9.78 Å². The first-order valence-corrected chi connectivity index (χ1v) is 7.44. The molecule has 0 spiro atoms. The summed E-state index contributed by atoms with van der Waals surface area (Å²) in [4.78, 5) is 17.2. The third-order valence-electron chi connectivity index (χ3n) is 3.33. The lowest BCUT2D eigenvalue weighted by Gasteiger charge is -2.07. The summed E-state index contributed by atoms with van der Waals surface area (Å²) in [5, 5.41) is 8.20.